The van der Waals surface area contributed by atoms with Crippen LogP contribution >= 0.6 is 0 Å². The monoisotopic (exact) mass is 262 g/mol. The molecule has 104 valence electrons. The minimum absolute atomic E-state index is 0.0961. The molecule has 19 heavy (non-hydrogen) atoms. The first-order chi connectivity index (χ1) is 9.00. The van der Waals surface area contributed by atoms with E-state index in [0.29, 0.717) is 11.3 Å². The number of nitrogens with zero attached hydrogens (tertiary/aromatic N) is 1. The third-order valence-electron chi connectivity index (χ3n) is 3.95. The van der Waals surface area contributed by atoms with Gasteiger partial charge in [-0.2, -0.15) is 0 Å². The van der Waals surface area contributed by atoms with Crippen LogP contribution in [-0.2, 0) is 0 Å². The minimum atomic E-state index is -0.422. The molecule has 0 spiro atoms. The van der Waals surface area contributed by atoms with E-state index in [1.54, 1.807) is 18.0 Å². The Bertz CT molecular complexity index is 473. The molecule has 1 aliphatic carbocycles. The highest BCUT2D eigenvalue weighted by Gasteiger charge is 2.30. The van der Waals surface area contributed by atoms with Crippen LogP contribution in [0.2, 0.25) is 0 Å². The molecular weight excluding hydrogens is 240 g/mol. The molecule has 2 unspecified atom stereocenters. The number of amides is 1. The second kappa shape index (κ2) is 5.61. The highest BCUT2D eigenvalue weighted by Crippen LogP contribution is 2.25. The maximum Gasteiger partial charge on any atom is 0.256 e. The number of carbonyl (C=O) groups is 1. The number of nitrogen functional groups attached to an aromatic ring is 1. The molecule has 1 saturated carbocycles. The second-order valence-electron chi connectivity index (χ2n) is 5.43. The number of anilines is 1. The zero-order valence-electron chi connectivity index (χ0n) is 11.6. The molecular formula is C15H22N2O2. The van der Waals surface area contributed by atoms with Crippen LogP contribution in [0.5, 0.6) is 0 Å². The molecule has 0 bridgehead atoms. The number of benzene rings is 1. The molecule has 1 amide bonds. The van der Waals surface area contributed by atoms with Gasteiger partial charge in [0.1, 0.15) is 0 Å². The summed E-state index contributed by atoms with van der Waals surface area (Å²) in [5, 5.41) is 10.0. The van der Waals surface area contributed by atoms with Gasteiger partial charge in [0.15, 0.2) is 0 Å². The topological polar surface area (TPSA) is 66.6 Å². The van der Waals surface area contributed by atoms with Crippen molar-refractivity contribution in [1.82, 2.24) is 4.90 Å². The fourth-order valence-corrected chi connectivity index (χ4v) is 2.74. The van der Waals surface area contributed by atoms with Crippen molar-refractivity contribution in [3.05, 3.63) is 29.3 Å². The van der Waals surface area contributed by atoms with E-state index in [2.05, 4.69) is 0 Å². The Balaban J connectivity index is 2.20. The molecule has 0 heterocycles. The number of carbonyl (C=O) groups excluding carboxylic acids is 1. The lowest BCUT2D eigenvalue weighted by Crippen LogP contribution is -2.46. The van der Waals surface area contributed by atoms with Crippen molar-refractivity contribution in [2.45, 2.75) is 44.8 Å². The van der Waals surface area contributed by atoms with Crippen LogP contribution in [0.25, 0.3) is 0 Å². The van der Waals surface area contributed by atoms with E-state index in [1.165, 1.54) is 0 Å². The molecule has 1 aliphatic rings. The van der Waals surface area contributed by atoms with Gasteiger partial charge in [-0.25, -0.2) is 0 Å². The summed E-state index contributed by atoms with van der Waals surface area (Å²) < 4.78 is 0. The predicted octanol–water partition coefficient (Wildman–Crippen LogP) is 1.95. The Labute approximate surface area is 114 Å². The zero-order valence-corrected chi connectivity index (χ0v) is 11.6. The Morgan fingerprint density at radius 3 is 2.74 bits per heavy atom. The summed E-state index contributed by atoms with van der Waals surface area (Å²) in [4.78, 5) is 14.1. The van der Waals surface area contributed by atoms with Gasteiger partial charge in [0.05, 0.1) is 17.7 Å². The van der Waals surface area contributed by atoms with Crippen molar-refractivity contribution in [3.8, 4) is 0 Å². The van der Waals surface area contributed by atoms with Crippen molar-refractivity contribution in [3.63, 3.8) is 0 Å². The average molecular weight is 262 g/mol. The number of aliphatic hydroxyl groups is 1. The van der Waals surface area contributed by atoms with Crippen LogP contribution in [0, 0.1) is 6.92 Å². The van der Waals surface area contributed by atoms with E-state index in [1.807, 2.05) is 19.1 Å². The summed E-state index contributed by atoms with van der Waals surface area (Å²) in [7, 11) is 1.75. The number of rotatable bonds is 2. The number of nitrogens with two attached hydrogens (primary N) is 1. The summed E-state index contributed by atoms with van der Waals surface area (Å²) in [6.07, 6.45) is 3.30. The van der Waals surface area contributed by atoms with Crippen molar-refractivity contribution >= 4 is 11.6 Å². The molecule has 4 heteroatoms. The largest absolute Gasteiger partial charge is 0.398 e. The van der Waals surface area contributed by atoms with Gasteiger partial charge >= 0.3 is 0 Å². The third-order valence-corrected chi connectivity index (χ3v) is 3.95. The first-order valence-corrected chi connectivity index (χ1v) is 6.82. The summed E-state index contributed by atoms with van der Waals surface area (Å²) in [6, 6.07) is 5.36. The van der Waals surface area contributed by atoms with Gasteiger partial charge < -0.3 is 15.7 Å². The van der Waals surface area contributed by atoms with Gasteiger partial charge in [-0.05, 0) is 31.9 Å². The second-order valence-corrected chi connectivity index (χ2v) is 5.43. The molecule has 1 aromatic rings. The molecule has 0 radical (unpaired) electrons. The molecule has 1 aromatic carbocycles. The molecule has 1 fully saturated rings. The molecule has 3 N–H and O–H groups in total. The Kier molecular flexibility index (Phi) is 4.10. The van der Waals surface area contributed by atoms with Crippen LogP contribution in [0.3, 0.4) is 0 Å². The highest BCUT2D eigenvalue weighted by molar-refractivity contribution is 5.99. The highest BCUT2D eigenvalue weighted by atomic mass is 16.3. The zero-order chi connectivity index (χ0) is 14.0. The van der Waals surface area contributed by atoms with Crippen molar-refractivity contribution < 1.29 is 9.90 Å². The lowest BCUT2D eigenvalue weighted by atomic mass is 9.91. The van der Waals surface area contributed by atoms with Gasteiger partial charge in [0, 0.05) is 12.7 Å². The fraction of sp³-hybridized carbons (Fsp3) is 0.533. The fourth-order valence-electron chi connectivity index (χ4n) is 2.74. The molecule has 2 rings (SSSR count). The Morgan fingerprint density at radius 2 is 2.05 bits per heavy atom. The van der Waals surface area contributed by atoms with E-state index in [-0.39, 0.29) is 11.9 Å². The first-order valence-electron chi connectivity index (χ1n) is 6.82. The van der Waals surface area contributed by atoms with E-state index in [4.69, 9.17) is 5.73 Å². The maximum absolute atomic E-state index is 12.5. The smallest absolute Gasteiger partial charge is 0.256 e. The summed E-state index contributed by atoms with van der Waals surface area (Å²) in [5.41, 5.74) is 7.91. The summed E-state index contributed by atoms with van der Waals surface area (Å²) in [6.45, 7) is 1.94. The van der Waals surface area contributed by atoms with Gasteiger partial charge in [-0.1, -0.05) is 24.5 Å². The number of likely N-dealkylation sites (N-methyl/N-ethyl adjacent to an activating group) is 1. The summed E-state index contributed by atoms with van der Waals surface area (Å²) in [5.74, 6) is -0.104. The minimum Gasteiger partial charge on any atom is -0.398 e. The van der Waals surface area contributed by atoms with Crippen molar-refractivity contribution in [1.29, 1.82) is 0 Å². The van der Waals surface area contributed by atoms with Gasteiger partial charge in [0.25, 0.3) is 5.91 Å². The third kappa shape index (κ3) is 2.89. The van der Waals surface area contributed by atoms with Crippen LogP contribution in [0.15, 0.2) is 18.2 Å². The van der Waals surface area contributed by atoms with Crippen molar-refractivity contribution in [2.24, 2.45) is 0 Å². The summed E-state index contributed by atoms with van der Waals surface area (Å²) >= 11 is 0. The number of aryl methyl sites for hydroxylation is 1. The number of hydrogen-bond acceptors (Lipinski definition) is 3. The van der Waals surface area contributed by atoms with Crippen LogP contribution in [-0.4, -0.2) is 35.1 Å². The van der Waals surface area contributed by atoms with Crippen LogP contribution < -0.4 is 5.73 Å². The standard InChI is InChI=1S/C15H22N2O2/c1-10-7-8-12(16)11(9-10)15(19)17(2)13-5-3-4-6-14(13)18/h7-9,13-14,18H,3-6,16H2,1-2H3. The average Bonchev–Trinajstić information content (AvgIpc) is 2.40. The first kappa shape index (κ1) is 13.9. The van der Waals surface area contributed by atoms with Gasteiger partial charge in [-0.15, -0.1) is 0 Å². The SMILES string of the molecule is Cc1ccc(N)c(C(=O)N(C)C2CCCCC2O)c1. The van der Waals surface area contributed by atoms with E-state index < -0.39 is 6.10 Å². The maximum atomic E-state index is 12.5. The van der Waals surface area contributed by atoms with Crippen molar-refractivity contribution in [2.75, 3.05) is 12.8 Å². The van der Waals surface area contributed by atoms with E-state index >= 15 is 0 Å². The lowest BCUT2D eigenvalue weighted by molar-refractivity contribution is 0.0268. The molecule has 0 saturated heterocycles. The predicted molar refractivity (Wildman–Crippen MR) is 75.9 cm³/mol. The van der Waals surface area contributed by atoms with Gasteiger partial charge in [-0.3, -0.25) is 4.79 Å². The number of hydrogen-bond donors (Lipinski definition) is 2. The van der Waals surface area contributed by atoms with E-state index in [0.717, 1.165) is 31.2 Å². The Morgan fingerprint density at radius 1 is 1.37 bits per heavy atom. The Hall–Kier alpha value is -1.55. The lowest BCUT2D eigenvalue weighted by Gasteiger charge is -2.35. The van der Waals surface area contributed by atoms with Gasteiger partial charge in [0.2, 0.25) is 0 Å². The van der Waals surface area contributed by atoms with E-state index in [9.17, 15) is 9.90 Å². The molecule has 4 nitrogen and oxygen atoms in total. The molecule has 0 aliphatic heterocycles. The normalized spacial score (nSPS) is 23.1. The van der Waals surface area contributed by atoms with Crippen LogP contribution in [0.4, 0.5) is 5.69 Å². The molecule has 0 aromatic heterocycles. The molecule has 2 atom stereocenters. The van der Waals surface area contributed by atoms with Crippen LogP contribution in [0.1, 0.15) is 41.6 Å². The number of aliphatic hydroxyl groups excluding tert-OH is 1. The quantitative estimate of drug-likeness (QED) is 0.801.